The molecule has 1 fully saturated rings. The van der Waals surface area contributed by atoms with E-state index < -0.39 is 0 Å². The molecule has 2 aromatic heterocycles. The number of rotatable bonds is 4. The van der Waals surface area contributed by atoms with Crippen LogP contribution in [0.3, 0.4) is 0 Å². The Morgan fingerprint density at radius 2 is 2.04 bits per heavy atom. The first kappa shape index (κ1) is 16.1. The summed E-state index contributed by atoms with van der Waals surface area (Å²) in [6, 6.07) is 9.20. The van der Waals surface area contributed by atoms with Crippen molar-refractivity contribution < 1.29 is 9.32 Å². The van der Waals surface area contributed by atoms with Crippen molar-refractivity contribution in [2.24, 2.45) is 0 Å². The van der Waals surface area contributed by atoms with Crippen LogP contribution >= 0.6 is 11.6 Å². The smallest absolute Gasteiger partial charge is 0.259 e. The van der Waals surface area contributed by atoms with Crippen LogP contribution in [0.1, 0.15) is 59.0 Å². The number of nitrogens with one attached hydrogen (secondary N) is 1. The summed E-state index contributed by atoms with van der Waals surface area (Å²) in [5.41, 5.74) is 3.59. The number of nitrogens with zero attached hydrogens (tertiary/aromatic N) is 2. The largest absolute Gasteiger partial charge is 0.345 e. The topological polar surface area (TPSA) is 68.0 Å². The lowest BCUT2D eigenvalue weighted by molar-refractivity contribution is 0.0941. The number of halogens is 1. The fourth-order valence-electron chi connectivity index (χ4n) is 2.99. The summed E-state index contributed by atoms with van der Waals surface area (Å²) in [6.07, 6.45) is 2.21. The molecule has 1 amide bonds. The molecular formula is C19H18ClN3O2. The second-order valence-electron chi connectivity index (χ2n) is 6.56. The van der Waals surface area contributed by atoms with Gasteiger partial charge in [-0.2, -0.15) is 0 Å². The van der Waals surface area contributed by atoms with Gasteiger partial charge in [0.1, 0.15) is 0 Å². The highest BCUT2D eigenvalue weighted by molar-refractivity contribution is 6.30. The minimum absolute atomic E-state index is 0.141. The fraction of sp³-hybridized carbons (Fsp3) is 0.316. The van der Waals surface area contributed by atoms with Gasteiger partial charge in [0.25, 0.3) is 11.6 Å². The Bertz CT molecular complexity index is 945. The van der Waals surface area contributed by atoms with Crippen molar-refractivity contribution in [2.45, 2.75) is 38.6 Å². The minimum atomic E-state index is -0.150. The third kappa shape index (κ3) is 3.12. The Kier molecular flexibility index (Phi) is 3.96. The summed E-state index contributed by atoms with van der Waals surface area (Å²) in [5.74, 6) is 0.276. The molecule has 25 heavy (non-hydrogen) atoms. The number of pyridine rings is 1. The molecule has 6 heteroatoms. The first-order chi connectivity index (χ1) is 12.0. The van der Waals surface area contributed by atoms with E-state index in [4.69, 9.17) is 16.1 Å². The van der Waals surface area contributed by atoms with E-state index in [0.29, 0.717) is 33.3 Å². The van der Waals surface area contributed by atoms with Gasteiger partial charge in [-0.3, -0.25) is 4.79 Å². The molecule has 1 aliphatic rings. The maximum atomic E-state index is 12.9. The fourth-order valence-corrected chi connectivity index (χ4v) is 3.12. The van der Waals surface area contributed by atoms with Crippen molar-refractivity contribution in [3.05, 3.63) is 57.9 Å². The van der Waals surface area contributed by atoms with Crippen LogP contribution in [0.5, 0.6) is 0 Å². The van der Waals surface area contributed by atoms with Crippen LogP contribution in [0.15, 0.2) is 34.9 Å². The van der Waals surface area contributed by atoms with Gasteiger partial charge in [-0.1, -0.05) is 28.9 Å². The van der Waals surface area contributed by atoms with E-state index in [1.54, 1.807) is 0 Å². The van der Waals surface area contributed by atoms with Crippen LogP contribution in [-0.2, 0) is 0 Å². The van der Waals surface area contributed by atoms with E-state index in [9.17, 15) is 4.79 Å². The summed E-state index contributed by atoms with van der Waals surface area (Å²) in [4.78, 5) is 17.4. The van der Waals surface area contributed by atoms with Gasteiger partial charge in [-0.25, -0.2) is 4.98 Å². The predicted molar refractivity (Wildman–Crippen MR) is 95.8 cm³/mol. The lowest BCUT2D eigenvalue weighted by Crippen LogP contribution is -2.27. The van der Waals surface area contributed by atoms with E-state index in [0.717, 1.165) is 24.1 Å². The molecule has 1 aliphatic carbocycles. The van der Waals surface area contributed by atoms with Crippen LogP contribution in [-0.4, -0.2) is 16.0 Å². The van der Waals surface area contributed by atoms with Gasteiger partial charge >= 0.3 is 0 Å². The highest BCUT2D eigenvalue weighted by atomic mass is 35.5. The van der Waals surface area contributed by atoms with Gasteiger partial charge in [0.15, 0.2) is 0 Å². The lowest BCUT2D eigenvalue weighted by Gasteiger charge is -2.15. The number of aromatic nitrogens is 2. The highest BCUT2D eigenvalue weighted by Crippen LogP contribution is 2.40. The molecule has 5 nitrogen and oxygen atoms in total. The average molecular weight is 356 g/mol. The molecule has 1 saturated carbocycles. The SMILES string of the molecule is Cc1noc2nc(C3CC3)cc(C(=O)N[C@@H](C)c3ccc(Cl)cc3)c12. The van der Waals surface area contributed by atoms with Gasteiger partial charge in [0.2, 0.25) is 0 Å². The summed E-state index contributed by atoms with van der Waals surface area (Å²) < 4.78 is 5.31. The van der Waals surface area contributed by atoms with E-state index in [2.05, 4.69) is 15.5 Å². The first-order valence-electron chi connectivity index (χ1n) is 8.36. The van der Waals surface area contributed by atoms with E-state index in [1.807, 2.05) is 44.2 Å². The molecule has 0 unspecified atom stereocenters. The van der Waals surface area contributed by atoms with Gasteiger partial charge in [0.05, 0.1) is 22.7 Å². The van der Waals surface area contributed by atoms with Gasteiger partial charge < -0.3 is 9.84 Å². The van der Waals surface area contributed by atoms with E-state index >= 15 is 0 Å². The summed E-state index contributed by atoms with van der Waals surface area (Å²) in [5, 5.41) is 8.38. The second-order valence-corrected chi connectivity index (χ2v) is 7.00. The molecule has 4 rings (SSSR count). The number of benzene rings is 1. The Morgan fingerprint density at radius 1 is 1.32 bits per heavy atom. The van der Waals surface area contributed by atoms with Crippen molar-refractivity contribution in [3.63, 3.8) is 0 Å². The second kappa shape index (κ2) is 6.15. The predicted octanol–water partition coefficient (Wildman–Crippen LogP) is 4.55. The van der Waals surface area contributed by atoms with Crippen molar-refractivity contribution in [3.8, 4) is 0 Å². The third-order valence-corrected chi connectivity index (χ3v) is 4.85. The first-order valence-corrected chi connectivity index (χ1v) is 8.74. The zero-order valence-electron chi connectivity index (χ0n) is 14.0. The molecule has 0 saturated heterocycles. The highest BCUT2D eigenvalue weighted by Gasteiger charge is 2.29. The van der Waals surface area contributed by atoms with Crippen molar-refractivity contribution in [1.82, 2.24) is 15.5 Å². The van der Waals surface area contributed by atoms with Crippen molar-refractivity contribution >= 4 is 28.6 Å². The monoisotopic (exact) mass is 355 g/mol. The van der Waals surface area contributed by atoms with Gasteiger partial charge in [0, 0.05) is 16.6 Å². The number of carbonyl (C=O) groups excluding carboxylic acids is 1. The summed E-state index contributed by atoms with van der Waals surface area (Å²) >= 11 is 5.93. The molecule has 1 N–H and O–H groups in total. The Balaban J connectivity index is 1.67. The van der Waals surface area contributed by atoms with Crippen molar-refractivity contribution in [2.75, 3.05) is 0 Å². The van der Waals surface area contributed by atoms with E-state index in [1.165, 1.54) is 0 Å². The summed E-state index contributed by atoms with van der Waals surface area (Å²) in [7, 11) is 0. The number of hydrogen-bond acceptors (Lipinski definition) is 4. The lowest BCUT2D eigenvalue weighted by atomic mass is 10.1. The Labute approximate surface area is 150 Å². The standard InChI is InChI=1S/C19H18ClN3O2/c1-10(12-5-7-14(20)8-6-12)21-18(24)15-9-16(13-3-4-13)22-19-17(15)11(2)23-25-19/h5-10,13H,3-4H2,1-2H3,(H,21,24)/t10-/m0/s1. The summed E-state index contributed by atoms with van der Waals surface area (Å²) in [6.45, 7) is 3.77. The quantitative estimate of drug-likeness (QED) is 0.745. The van der Waals surface area contributed by atoms with Crippen LogP contribution < -0.4 is 5.32 Å². The molecule has 0 spiro atoms. The zero-order chi connectivity index (χ0) is 17.6. The number of carbonyl (C=O) groups is 1. The zero-order valence-corrected chi connectivity index (χ0v) is 14.8. The molecular weight excluding hydrogens is 338 g/mol. The number of aryl methyl sites for hydroxylation is 1. The molecule has 1 aromatic carbocycles. The van der Waals surface area contributed by atoms with Crippen LogP contribution in [0, 0.1) is 6.92 Å². The maximum Gasteiger partial charge on any atom is 0.259 e. The Hall–Kier alpha value is -2.40. The molecule has 128 valence electrons. The molecule has 3 aromatic rings. The number of fused-ring (bicyclic) bond motifs is 1. The Morgan fingerprint density at radius 3 is 2.72 bits per heavy atom. The number of amides is 1. The molecule has 2 heterocycles. The molecule has 0 aliphatic heterocycles. The molecule has 0 radical (unpaired) electrons. The van der Waals surface area contributed by atoms with E-state index in [-0.39, 0.29) is 11.9 Å². The van der Waals surface area contributed by atoms with Crippen LogP contribution in [0.2, 0.25) is 5.02 Å². The molecule has 1 atom stereocenters. The third-order valence-electron chi connectivity index (χ3n) is 4.59. The average Bonchev–Trinajstić information content (AvgIpc) is 3.38. The van der Waals surface area contributed by atoms with Crippen LogP contribution in [0.25, 0.3) is 11.1 Å². The van der Waals surface area contributed by atoms with Crippen molar-refractivity contribution in [1.29, 1.82) is 0 Å². The number of hydrogen-bond donors (Lipinski definition) is 1. The van der Waals surface area contributed by atoms with Gasteiger partial charge in [-0.15, -0.1) is 0 Å². The minimum Gasteiger partial charge on any atom is -0.345 e. The van der Waals surface area contributed by atoms with Gasteiger partial charge in [-0.05, 0) is 50.5 Å². The molecule has 0 bridgehead atoms. The van der Waals surface area contributed by atoms with Crippen LogP contribution in [0.4, 0.5) is 0 Å². The normalized spacial score (nSPS) is 15.3. The maximum absolute atomic E-state index is 12.9.